The van der Waals surface area contributed by atoms with E-state index in [9.17, 15) is 0 Å². The minimum Gasteiger partial charge on any atom is -0.274 e. The standard InChI is InChI=1S/C31H18N4/c1-2-5-21-17(4-1)12-19-14-20-13-18-7-8-23-29(28(18)25(20)15-24(19)21)22-6-3-10-33-30(22)35-27-16-32-11-9-26(27)34-31(23)35/h1-11,14-16H,12-13H2. The van der Waals surface area contributed by atoms with Crippen molar-refractivity contribution in [1.82, 2.24) is 19.4 Å². The average Bonchev–Trinajstić information content (AvgIpc) is 3.58. The van der Waals surface area contributed by atoms with Crippen LogP contribution in [0.3, 0.4) is 0 Å². The van der Waals surface area contributed by atoms with Gasteiger partial charge in [-0.1, -0.05) is 42.5 Å². The summed E-state index contributed by atoms with van der Waals surface area (Å²) in [7, 11) is 0. The van der Waals surface area contributed by atoms with Gasteiger partial charge in [-0.05, 0) is 81.6 Å². The van der Waals surface area contributed by atoms with Gasteiger partial charge in [0.25, 0.3) is 0 Å². The van der Waals surface area contributed by atoms with Crippen molar-refractivity contribution in [2.75, 3.05) is 0 Å². The first-order valence-corrected chi connectivity index (χ1v) is 12.0. The van der Waals surface area contributed by atoms with Crippen LogP contribution in [-0.2, 0) is 12.8 Å². The van der Waals surface area contributed by atoms with Crippen LogP contribution < -0.4 is 0 Å². The first-order valence-electron chi connectivity index (χ1n) is 12.0. The highest BCUT2D eigenvalue weighted by Gasteiger charge is 2.28. The highest BCUT2D eigenvalue weighted by Crippen LogP contribution is 2.48. The van der Waals surface area contributed by atoms with Crippen molar-refractivity contribution >= 4 is 38.5 Å². The second kappa shape index (κ2) is 6.10. The number of nitrogens with zero attached hydrogens (tertiary/aromatic N) is 4. The second-order valence-electron chi connectivity index (χ2n) is 9.71. The predicted molar refractivity (Wildman–Crippen MR) is 140 cm³/mol. The fraction of sp³-hybridized carbons (Fsp3) is 0.0645. The van der Waals surface area contributed by atoms with Crippen molar-refractivity contribution in [1.29, 1.82) is 0 Å². The van der Waals surface area contributed by atoms with Gasteiger partial charge in [0.05, 0.1) is 17.2 Å². The molecule has 0 saturated heterocycles. The molecule has 0 atom stereocenters. The molecule has 4 nitrogen and oxygen atoms in total. The highest BCUT2D eigenvalue weighted by molar-refractivity contribution is 6.20. The van der Waals surface area contributed by atoms with Crippen molar-refractivity contribution in [2.45, 2.75) is 12.8 Å². The molecule has 0 amide bonds. The lowest BCUT2D eigenvalue weighted by Gasteiger charge is -2.13. The normalized spacial score (nSPS) is 13.5. The van der Waals surface area contributed by atoms with Gasteiger partial charge in [0.2, 0.25) is 0 Å². The molecule has 4 heterocycles. The molecule has 0 N–H and O–H groups in total. The van der Waals surface area contributed by atoms with Crippen molar-refractivity contribution in [3.8, 4) is 22.3 Å². The topological polar surface area (TPSA) is 43.1 Å². The molecule has 3 aromatic carbocycles. The maximum absolute atomic E-state index is 5.05. The Balaban J connectivity index is 1.46. The third-order valence-corrected chi connectivity index (χ3v) is 7.92. The Labute approximate surface area is 200 Å². The summed E-state index contributed by atoms with van der Waals surface area (Å²) in [5.41, 5.74) is 14.9. The van der Waals surface area contributed by atoms with Crippen LogP contribution in [0, 0.1) is 0 Å². The molecule has 0 bridgehead atoms. The Hall–Kier alpha value is -4.57. The minimum absolute atomic E-state index is 0.929. The molecular formula is C31H18N4. The number of pyridine rings is 3. The molecule has 4 heteroatoms. The number of benzene rings is 3. The van der Waals surface area contributed by atoms with Crippen LogP contribution >= 0.6 is 0 Å². The molecular weight excluding hydrogens is 428 g/mol. The van der Waals surface area contributed by atoms with E-state index in [1.807, 2.05) is 24.5 Å². The van der Waals surface area contributed by atoms with Crippen LogP contribution in [0.25, 0.3) is 60.7 Å². The molecule has 0 spiro atoms. The summed E-state index contributed by atoms with van der Waals surface area (Å²) in [6.07, 6.45) is 7.56. The van der Waals surface area contributed by atoms with Crippen LogP contribution in [0.1, 0.15) is 22.3 Å². The van der Waals surface area contributed by atoms with Crippen LogP contribution in [0.2, 0.25) is 0 Å². The van der Waals surface area contributed by atoms with Crippen molar-refractivity contribution in [2.24, 2.45) is 0 Å². The maximum atomic E-state index is 5.05. The zero-order valence-electron chi connectivity index (χ0n) is 18.8. The Bertz CT molecular complexity index is 2070. The number of hydrogen-bond donors (Lipinski definition) is 0. The first-order chi connectivity index (χ1) is 17.3. The zero-order valence-corrected chi connectivity index (χ0v) is 18.8. The van der Waals surface area contributed by atoms with E-state index in [0.717, 1.165) is 45.9 Å². The monoisotopic (exact) mass is 446 g/mol. The Morgan fingerprint density at radius 3 is 2.54 bits per heavy atom. The molecule has 4 aromatic heterocycles. The fourth-order valence-corrected chi connectivity index (χ4v) is 6.48. The van der Waals surface area contributed by atoms with Gasteiger partial charge < -0.3 is 0 Å². The summed E-state index contributed by atoms with van der Waals surface area (Å²) in [5, 5.41) is 3.57. The van der Waals surface area contributed by atoms with Crippen LogP contribution in [0.5, 0.6) is 0 Å². The zero-order chi connectivity index (χ0) is 22.7. The Morgan fingerprint density at radius 2 is 1.54 bits per heavy atom. The minimum atomic E-state index is 0.929. The molecule has 7 aromatic rings. The number of aromatic nitrogens is 4. The summed E-state index contributed by atoms with van der Waals surface area (Å²) < 4.78 is 2.17. The van der Waals surface area contributed by atoms with Crippen LogP contribution in [-0.4, -0.2) is 19.4 Å². The predicted octanol–water partition coefficient (Wildman–Crippen LogP) is 6.73. The van der Waals surface area contributed by atoms with E-state index in [4.69, 9.17) is 9.97 Å². The molecule has 162 valence electrons. The molecule has 2 aliphatic carbocycles. The third-order valence-electron chi connectivity index (χ3n) is 7.92. The lowest BCUT2D eigenvalue weighted by molar-refractivity contribution is 1.21. The van der Waals surface area contributed by atoms with Gasteiger partial charge in [0.15, 0.2) is 0 Å². The van der Waals surface area contributed by atoms with Gasteiger partial charge in [0, 0.05) is 28.6 Å². The first kappa shape index (κ1) is 17.8. The number of fused-ring (bicyclic) bond motifs is 15. The Kier molecular flexibility index (Phi) is 3.11. The van der Waals surface area contributed by atoms with E-state index in [-0.39, 0.29) is 0 Å². The quantitative estimate of drug-likeness (QED) is 0.243. The van der Waals surface area contributed by atoms with Gasteiger partial charge in [-0.2, -0.15) is 0 Å². The molecule has 0 saturated carbocycles. The molecule has 9 rings (SSSR count). The summed E-state index contributed by atoms with van der Waals surface area (Å²) in [4.78, 5) is 14.3. The average molecular weight is 447 g/mol. The van der Waals surface area contributed by atoms with E-state index in [2.05, 4.69) is 64.0 Å². The summed E-state index contributed by atoms with van der Waals surface area (Å²) >= 11 is 0. The smallest absolute Gasteiger partial charge is 0.147 e. The van der Waals surface area contributed by atoms with E-state index < -0.39 is 0 Å². The van der Waals surface area contributed by atoms with Gasteiger partial charge in [-0.3, -0.25) is 9.38 Å². The molecule has 0 radical (unpaired) electrons. The summed E-state index contributed by atoms with van der Waals surface area (Å²) in [5.74, 6) is 0. The van der Waals surface area contributed by atoms with Crippen molar-refractivity contribution < 1.29 is 0 Å². The molecule has 35 heavy (non-hydrogen) atoms. The number of hydrogen-bond acceptors (Lipinski definition) is 3. The molecule has 0 aliphatic heterocycles. The fourth-order valence-electron chi connectivity index (χ4n) is 6.48. The van der Waals surface area contributed by atoms with E-state index >= 15 is 0 Å². The number of imidazole rings is 1. The SMILES string of the molecule is c1ccc2c(c1)Cc1cc3c(cc1-2)-c1c(ccc2c1c1cccnc1n1c4cnccc4nc21)C3. The van der Waals surface area contributed by atoms with E-state index in [1.165, 1.54) is 49.9 Å². The molecule has 0 unspecified atom stereocenters. The second-order valence-corrected chi connectivity index (χ2v) is 9.71. The largest absolute Gasteiger partial charge is 0.274 e. The third kappa shape index (κ3) is 2.15. The summed E-state index contributed by atoms with van der Waals surface area (Å²) in [6.45, 7) is 0. The van der Waals surface area contributed by atoms with E-state index in [1.54, 1.807) is 6.20 Å². The van der Waals surface area contributed by atoms with Gasteiger partial charge in [0.1, 0.15) is 11.3 Å². The molecule has 2 aliphatic rings. The lowest BCUT2D eigenvalue weighted by Crippen LogP contribution is -1.95. The van der Waals surface area contributed by atoms with Gasteiger partial charge >= 0.3 is 0 Å². The summed E-state index contributed by atoms with van der Waals surface area (Å²) in [6, 6.07) is 24.5. The van der Waals surface area contributed by atoms with Gasteiger partial charge in [-0.25, -0.2) is 9.97 Å². The lowest BCUT2D eigenvalue weighted by atomic mass is 9.93. The maximum Gasteiger partial charge on any atom is 0.147 e. The Morgan fingerprint density at radius 1 is 0.657 bits per heavy atom. The number of rotatable bonds is 0. The van der Waals surface area contributed by atoms with Crippen molar-refractivity contribution in [3.63, 3.8) is 0 Å². The van der Waals surface area contributed by atoms with Crippen LogP contribution in [0.4, 0.5) is 0 Å². The highest BCUT2D eigenvalue weighted by atomic mass is 15.1. The van der Waals surface area contributed by atoms with Crippen molar-refractivity contribution in [3.05, 3.63) is 108 Å². The van der Waals surface area contributed by atoms with Gasteiger partial charge in [-0.15, -0.1) is 0 Å². The van der Waals surface area contributed by atoms with E-state index in [0.29, 0.717) is 0 Å². The molecule has 0 fully saturated rings. The van der Waals surface area contributed by atoms with Crippen LogP contribution in [0.15, 0.2) is 85.3 Å².